The van der Waals surface area contributed by atoms with Gasteiger partial charge in [-0.2, -0.15) is 4.31 Å². The predicted molar refractivity (Wildman–Crippen MR) is 116 cm³/mol. The van der Waals surface area contributed by atoms with Crippen molar-refractivity contribution in [2.24, 2.45) is 0 Å². The molecule has 2 aliphatic rings. The average Bonchev–Trinajstić information content (AvgIpc) is 3.06. The Morgan fingerprint density at radius 2 is 1.69 bits per heavy atom. The Morgan fingerprint density at radius 3 is 2.38 bits per heavy atom. The number of hydrogen-bond donors (Lipinski definition) is 1. The fraction of sp³-hybridized carbons (Fsp3) is 0.364. The SMILES string of the molecule is O=C1N[C@H](CCc2ccccc2)C(=O)N1CN1CCN(S(=O)(=O)c2cccc(F)c2)CC1. The van der Waals surface area contributed by atoms with E-state index in [-0.39, 0.29) is 30.6 Å². The molecule has 8 nitrogen and oxygen atoms in total. The number of urea groups is 1. The number of aryl methyl sites for hydroxylation is 1. The number of nitrogens with zero attached hydrogens (tertiary/aromatic N) is 3. The maximum absolute atomic E-state index is 13.4. The van der Waals surface area contributed by atoms with Crippen molar-refractivity contribution in [3.8, 4) is 0 Å². The minimum atomic E-state index is -3.79. The van der Waals surface area contributed by atoms with Crippen molar-refractivity contribution >= 4 is 22.0 Å². The zero-order valence-corrected chi connectivity index (χ0v) is 18.3. The molecule has 1 N–H and O–H groups in total. The third-order valence-corrected chi connectivity index (χ3v) is 7.67. The van der Waals surface area contributed by atoms with Crippen molar-refractivity contribution in [1.82, 2.24) is 19.4 Å². The Balaban J connectivity index is 1.31. The average molecular weight is 461 g/mol. The van der Waals surface area contributed by atoms with Gasteiger partial charge >= 0.3 is 6.03 Å². The number of piperazine rings is 1. The van der Waals surface area contributed by atoms with Gasteiger partial charge in [-0.1, -0.05) is 36.4 Å². The first-order valence-electron chi connectivity index (χ1n) is 10.5. The molecular weight excluding hydrogens is 435 g/mol. The number of sulfonamides is 1. The molecule has 0 spiro atoms. The molecule has 1 atom stereocenters. The van der Waals surface area contributed by atoms with E-state index in [1.54, 1.807) is 0 Å². The van der Waals surface area contributed by atoms with Gasteiger partial charge in [-0.15, -0.1) is 0 Å². The zero-order chi connectivity index (χ0) is 22.7. The molecule has 0 unspecified atom stereocenters. The largest absolute Gasteiger partial charge is 0.326 e. The number of imide groups is 1. The Kier molecular flexibility index (Phi) is 6.54. The molecule has 2 fully saturated rings. The molecule has 0 aromatic heterocycles. The Labute approximate surface area is 186 Å². The van der Waals surface area contributed by atoms with Crippen molar-refractivity contribution in [1.29, 1.82) is 0 Å². The third-order valence-electron chi connectivity index (χ3n) is 5.78. The van der Waals surface area contributed by atoms with Crippen LogP contribution in [0.3, 0.4) is 0 Å². The van der Waals surface area contributed by atoms with Crippen LogP contribution >= 0.6 is 0 Å². The highest BCUT2D eigenvalue weighted by molar-refractivity contribution is 7.89. The van der Waals surface area contributed by atoms with Crippen LogP contribution in [0.25, 0.3) is 0 Å². The number of halogens is 1. The number of amides is 3. The molecule has 0 radical (unpaired) electrons. The lowest BCUT2D eigenvalue weighted by molar-refractivity contribution is -0.129. The Morgan fingerprint density at radius 1 is 0.969 bits per heavy atom. The first kappa shape index (κ1) is 22.4. The predicted octanol–water partition coefficient (Wildman–Crippen LogP) is 1.64. The summed E-state index contributed by atoms with van der Waals surface area (Å²) in [7, 11) is -3.79. The fourth-order valence-corrected chi connectivity index (χ4v) is 5.40. The maximum Gasteiger partial charge on any atom is 0.325 e. The summed E-state index contributed by atoms with van der Waals surface area (Å²) in [5, 5.41) is 2.74. The fourth-order valence-electron chi connectivity index (χ4n) is 3.95. The first-order chi connectivity index (χ1) is 15.3. The summed E-state index contributed by atoms with van der Waals surface area (Å²) >= 11 is 0. The minimum Gasteiger partial charge on any atom is -0.326 e. The van der Waals surface area contributed by atoms with Gasteiger partial charge in [0.15, 0.2) is 0 Å². The highest BCUT2D eigenvalue weighted by Crippen LogP contribution is 2.19. The van der Waals surface area contributed by atoms with Gasteiger partial charge in [0.1, 0.15) is 11.9 Å². The zero-order valence-electron chi connectivity index (χ0n) is 17.5. The Bertz CT molecular complexity index is 1090. The summed E-state index contributed by atoms with van der Waals surface area (Å²) in [5.41, 5.74) is 1.10. The van der Waals surface area contributed by atoms with Gasteiger partial charge in [-0.3, -0.25) is 9.69 Å². The molecule has 2 heterocycles. The number of carbonyl (C=O) groups excluding carboxylic acids is 2. The second-order valence-corrected chi connectivity index (χ2v) is 9.85. The monoisotopic (exact) mass is 460 g/mol. The van der Waals surface area contributed by atoms with Crippen LogP contribution in [0.4, 0.5) is 9.18 Å². The molecule has 4 rings (SSSR count). The Hall–Kier alpha value is -2.82. The number of benzene rings is 2. The van der Waals surface area contributed by atoms with Gasteiger partial charge < -0.3 is 5.32 Å². The molecule has 170 valence electrons. The normalized spacial score (nSPS) is 20.5. The van der Waals surface area contributed by atoms with Crippen LogP contribution in [-0.2, 0) is 21.2 Å². The maximum atomic E-state index is 13.4. The van der Waals surface area contributed by atoms with E-state index < -0.39 is 27.9 Å². The molecule has 3 amide bonds. The van der Waals surface area contributed by atoms with Crippen LogP contribution in [0, 0.1) is 5.82 Å². The van der Waals surface area contributed by atoms with Crippen LogP contribution in [0.5, 0.6) is 0 Å². The topological polar surface area (TPSA) is 90.0 Å². The second kappa shape index (κ2) is 9.35. The van der Waals surface area contributed by atoms with Gasteiger partial charge in [-0.05, 0) is 36.6 Å². The molecule has 2 saturated heterocycles. The molecule has 10 heteroatoms. The van der Waals surface area contributed by atoms with E-state index in [1.165, 1.54) is 27.4 Å². The van der Waals surface area contributed by atoms with Gasteiger partial charge in [0, 0.05) is 26.2 Å². The molecule has 32 heavy (non-hydrogen) atoms. The van der Waals surface area contributed by atoms with Crippen molar-refractivity contribution in [3.05, 3.63) is 66.0 Å². The summed E-state index contributed by atoms with van der Waals surface area (Å²) in [5.74, 6) is -0.870. The minimum absolute atomic E-state index is 0.0821. The number of carbonyl (C=O) groups is 2. The van der Waals surface area contributed by atoms with E-state index in [0.717, 1.165) is 11.6 Å². The summed E-state index contributed by atoms with van der Waals surface area (Å²) in [6, 6.07) is 13.7. The summed E-state index contributed by atoms with van der Waals surface area (Å²) < 4.78 is 40.2. The molecule has 2 aromatic carbocycles. The number of nitrogens with one attached hydrogen (secondary N) is 1. The van der Waals surface area contributed by atoms with Crippen LogP contribution in [0.1, 0.15) is 12.0 Å². The van der Waals surface area contributed by atoms with E-state index in [9.17, 15) is 22.4 Å². The summed E-state index contributed by atoms with van der Waals surface area (Å²) in [4.78, 5) is 28.0. The number of hydrogen-bond acceptors (Lipinski definition) is 5. The van der Waals surface area contributed by atoms with Gasteiger partial charge in [-0.25, -0.2) is 22.5 Å². The summed E-state index contributed by atoms with van der Waals surface area (Å²) in [6.07, 6.45) is 1.20. The van der Waals surface area contributed by atoms with E-state index in [4.69, 9.17) is 0 Å². The highest BCUT2D eigenvalue weighted by Gasteiger charge is 2.39. The second-order valence-electron chi connectivity index (χ2n) is 7.91. The van der Waals surface area contributed by atoms with E-state index >= 15 is 0 Å². The smallest absolute Gasteiger partial charge is 0.325 e. The molecule has 0 bridgehead atoms. The van der Waals surface area contributed by atoms with E-state index in [0.29, 0.717) is 25.9 Å². The summed E-state index contributed by atoms with van der Waals surface area (Å²) in [6.45, 7) is 1.22. The van der Waals surface area contributed by atoms with Crippen LogP contribution < -0.4 is 5.32 Å². The van der Waals surface area contributed by atoms with Crippen LogP contribution in [0.15, 0.2) is 59.5 Å². The molecule has 0 aliphatic carbocycles. The van der Waals surface area contributed by atoms with E-state index in [1.807, 2.05) is 35.2 Å². The first-order valence-corrected chi connectivity index (χ1v) is 11.9. The van der Waals surface area contributed by atoms with Crippen molar-refractivity contribution < 1.29 is 22.4 Å². The van der Waals surface area contributed by atoms with Gasteiger partial charge in [0.25, 0.3) is 5.91 Å². The van der Waals surface area contributed by atoms with Gasteiger partial charge in [0.05, 0.1) is 11.6 Å². The van der Waals surface area contributed by atoms with Crippen molar-refractivity contribution in [2.75, 3.05) is 32.8 Å². The van der Waals surface area contributed by atoms with E-state index in [2.05, 4.69) is 5.32 Å². The quantitative estimate of drug-likeness (QED) is 0.635. The molecule has 0 saturated carbocycles. The lowest BCUT2D eigenvalue weighted by Crippen LogP contribution is -2.52. The molecule has 2 aromatic rings. The lowest BCUT2D eigenvalue weighted by atomic mass is 10.1. The molecular formula is C22H25FN4O4S. The molecule has 2 aliphatic heterocycles. The van der Waals surface area contributed by atoms with Crippen LogP contribution in [-0.4, -0.2) is 73.4 Å². The standard InChI is InChI=1S/C22H25FN4O4S/c23-18-7-4-8-19(15-18)32(30,31)26-13-11-25(12-14-26)16-27-21(28)20(24-22(27)29)10-9-17-5-2-1-3-6-17/h1-8,15,20H,9-14,16H2,(H,24,29)/t20-/m1/s1. The van der Waals surface area contributed by atoms with Gasteiger partial charge in [0.2, 0.25) is 10.0 Å². The van der Waals surface area contributed by atoms with Crippen LogP contribution in [0.2, 0.25) is 0 Å². The van der Waals surface area contributed by atoms with Crippen molar-refractivity contribution in [3.63, 3.8) is 0 Å². The van der Waals surface area contributed by atoms with Crippen molar-refractivity contribution in [2.45, 2.75) is 23.8 Å². The number of rotatable bonds is 7. The lowest BCUT2D eigenvalue weighted by Gasteiger charge is -2.35. The highest BCUT2D eigenvalue weighted by atomic mass is 32.2. The third kappa shape index (κ3) is 4.82.